The first-order valence-electron chi connectivity index (χ1n) is 4.15. The highest BCUT2D eigenvalue weighted by Crippen LogP contribution is 2.21. The topological polar surface area (TPSA) is 35.2 Å². The second-order valence-electron chi connectivity index (χ2n) is 4.37. The lowest BCUT2D eigenvalue weighted by atomic mass is 9.87. The molecule has 0 heterocycles. The maximum atomic E-state index is 5.89. The fourth-order valence-electron chi connectivity index (χ4n) is 1.05. The predicted octanol–water partition coefficient (Wildman–Crippen LogP) is 1.78. The van der Waals surface area contributed by atoms with Crippen molar-refractivity contribution in [3.8, 4) is 0 Å². The largest absolute Gasteiger partial charge is 0.380 e. The van der Waals surface area contributed by atoms with E-state index in [-0.39, 0.29) is 12.1 Å². The number of ether oxygens (including phenoxy) is 1. The van der Waals surface area contributed by atoms with Gasteiger partial charge in [-0.2, -0.15) is 0 Å². The molecular formula is C9H21NO. The number of hydrogen-bond acceptors (Lipinski definition) is 2. The van der Waals surface area contributed by atoms with Crippen LogP contribution in [0.5, 0.6) is 0 Å². The van der Waals surface area contributed by atoms with Gasteiger partial charge in [-0.1, -0.05) is 20.8 Å². The summed E-state index contributed by atoms with van der Waals surface area (Å²) in [4.78, 5) is 0. The van der Waals surface area contributed by atoms with Crippen molar-refractivity contribution >= 4 is 0 Å². The monoisotopic (exact) mass is 159 g/mol. The van der Waals surface area contributed by atoms with Gasteiger partial charge in [0.15, 0.2) is 0 Å². The van der Waals surface area contributed by atoms with E-state index in [1.165, 1.54) is 0 Å². The lowest BCUT2D eigenvalue weighted by Gasteiger charge is -2.26. The molecule has 2 heteroatoms. The summed E-state index contributed by atoms with van der Waals surface area (Å²) in [7, 11) is 1.70. The van der Waals surface area contributed by atoms with Crippen LogP contribution in [-0.4, -0.2) is 19.3 Å². The first-order valence-corrected chi connectivity index (χ1v) is 4.15. The summed E-state index contributed by atoms with van der Waals surface area (Å²) in [6, 6.07) is 0.153. The van der Waals surface area contributed by atoms with Gasteiger partial charge in [-0.3, -0.25) is 0 Å². The molecule has 0 saturated carbocycles. The van der Waals surface area contributed by atoms with E-state index in [0.29, 0.717) is 5.41 Å². The van der Waals surface area contributed by atoms with Crippen LogP contribution in [0.15, 0.2) is 0 Å². The van der Waals surface area contributed by atoms with Gasteiger partial charge in [0, 0.05) is 13.2 Å². The van der Waals surface area contributed by atoms with Crippen molar-refractivity contribution in [2.45, 2.75) is 46.3 Å². The predicted molar refractivity (Wildman–Crippen MR) is 48.5 cm³/mol. The van der Waals surface area contributed by atoms with Crippen molar-refractivity contribution in [3.63, 3.8) is 0 Å². The number of methoxy groups -OCH3 is 1. The zero-order chi connectivity index (χ0) is 9.07. The van der Waals surface area contributed by atoms with E-state index in [9.17, 15) is 0 Å². The van der Waals surface area contributed by atoms with Gasteiger partial charge in [-0.15, -0.1) is 0 Å². The van der Waals surface area contributed by atoms with Crippen LogP contribution in [0.1, 0.15) is 34.1 Å². The normalized spacial score (nSPS) is 18.0. The number of hydrogen-bond donors (Lipinski definition) is 1. The fraction of sp³-hybridized carbons (Fsp3) is 1.00. The molecule has 0 radical (unpaired) electrons. The third-order valence-corrected chi connectivity index (χ3v) is 1.82. The summed E-state index contributed by atoms with van der Waals surface area (Å²) in [5.41, 5.74) is 6.19. The zero-order valence-corrected chi connectivity index (χ0v) is 8.35. The zero-order valence-electron chi connectivity index (χ0n) is 8.35. The van der Waals surface area contributed by atoms with Crippen LogP contribution in [-0.2, 0) is 4.74 Å². The maximum absolute atomic E-state index is 5.89. The van der Waals surface area contributed by atoms with Crippen molar-refractivity contribution < 1.29 is 4.74 Å². The van der Waals surface area contributed by atoms with Gasteiger partial charge in [0.2, 0.25) is 0 Å². The van der Waals surface area contributed by atoms with E-state index in [1.807, 2.05) is 6.92 Å². The molecule has 0 spiro atoms. The summed E-state index contributed by atoms with van der Waals surface area (Å²) in [5.74, 6) is 0. The third kappa shape index (κ3) is 5.22. The molecule has 0 unspecified atom stereocenters. The van der Waals surface area contributed by atoms with Gasteiger partial charge >= 0.3 is 0 Å². The Bertz CT molecular complexity index is 107. The molecule has 11 heavy (non-hydrogen) atoms. The lowest BCUT2D eigenvalue weighted by Crippen LogP contribution is -2.37. The molecule has 2 nitrogen and oxygen atoms in total. The van der Waals surface area contributed by atoms with Crippen molar-refractivity contribution in [3.05, 3.63) is 0 Å². The molecule has 0 rings (SSSR count). The second-order valence-corrected chi connectivity index (χ2v) is 4.37. The quantitative estimate of drug-likeness (QED) is 0.681. The smallest absolute Gasteiger partial charge is 0.0694 e. The summed E-state index contributed by atoms with van der Waals surface area (Å²) < 4.78 is 5.13. The molecule has 0 aliphatic heterocycles. The molecule has 0 aromatic carbocycles. The summed E-state index contributed by atoms with van der Waals surface area (Å²) >= 11 is 0. The van der Waals surface area contributed by atoms with Crippen LogP contribution in [0.25, 0.3) is 0 Å². The van der Waals surface area contributed by atoms with Crippen molar-refractivity contribution in [1.29, 1.82) is 0 Å². The molecule has 0 saturated heterocycles. The van der Waals surface area contributed by atoms with Crippen LogP contribution in [0.4, 0.5) is 0 Å². The van der Waals surface area contributed by atoms with Gasteiger partial charge in [0.05, 0.1) is 6.10 Å². The minimum absolute atomic E-state index is 0.153. The van der Waals surface area contributed by atoms with Crippen molar-refractivity contribution in [2.75, 3.05) is 7.11 Å². The Morgan fingerprint density at radius 2 is 1.82 bits per heavy atom. The SMILES string of the molecule is CO[C@@H](C)[C@H](N)CC(C)(C)C. The van der Waals surface area contributed by atoms with E-state index in [0.717, 1.165) is 6.42 Å². The van der Waals surface area contributed by atoms with Gasteiger partial charge < -0.3 is 10.5 Å². The Balaban J connectivity index is 3.77. The van der Waals surface area contributed by atoms with E-state index >= 15 is 0 Å². The van der Waals surface area contributed by atoms with Gasteiger partial charge in [0.1, 0.15) is 0 Å². The Morgan fingerprint density at radius 1 is 1.36 bits per heavy atom. The summed E-state index contributed by atoms with van der Waals surface area (Å²) in [6.07, 6.45) is 1.16. The average molecular weight is 159 g/mol. The third-order valence-electron chi connectivity index (χ3n) is 1.82. The minimum Gasteiger partial charge on any atom is -0.380 e. The molecule has 2 atom stereocenters. The molecule has 0 fully saturated rings. The van der Waals surface area contributed by atoms with Crippen LogP contribution in [0.2, 0.25) is 0 Å². The molecule has 0 aliphatic rings. The van der Waals surface area contributed by atoms with Crippen molar-refractivity contribution in [2.24, 2.45) is 11.1 Å². The molecule has 0 bridgehead atoms. The Kier molecular flexibility index (Phi) is 4.04. The molecule has 0 amide bonds. The van der Waals surface area contributed by atoms with Crippen LogP contribution in [0.3, 0.4) is 0 Å². The Labute approximate surface area is 70.1 Å². The molecule has 68 valence electrons. The first kappa shape index (κ1) is 10.9. The minimum atomic E-state index is 0.153. The maximum Gasteiger partial charge on any atom is 0.0694 e. The van der Waals surface area contributed by atoms with Crippen molar-refractivity contribution in [1.82, 2.24) is 0 Å². The van der Waals surface area contributed by atoms with E-state index in [1.54, 1.807) is 7.11 Å². The standard InChI is InChI=1S/C9H21NO/c1-7(11-5)8(10)6-9(2,3)4/h7-8H,6,10H2,1-5H3/t7-,8+/m0/s1. The highest BCUT2D eigenvalue weighted by molar-refractivity contribution is 4.75. The summed E-state index contributed by atoms with van der Waals surface area (Å²) in [6.45, 7) is 8.58. The van der Waals surface area contributed by atoms with E-state index in [2.05, 4.69) is 20.8 Å². The average Bonchev–Trinajstić information content (AvgIpc) is 1.82. The second kappa shape index (κ2) is 4.07. The highest BCUT2D eigenvalue weighted by atomic mass is 16.5. The lowest BCUT2D eigenvalue weighted by molar-refractivity contribution is 0.0814. The Morgan fingerprint density at radius 3 is 2.09 bits per heavy atom. The van der Waals surface area contributed by atoms with Crippen LogP contribution < -0.4 is 5.73 Å². The van der Waals surface area contributed by atoms with E-state index in [4.69, 9.17) is 10.5 Å². The van der Waals surface area contributed by atoms with Gasteiger partial charge in [0.25, 0.3) is 0 Å². The molecule has 0 aromatic heterocycles. The van der Waals surface area contributed by atoms with Crippen LogP contribution in [0, 0.1) is 5.41 Å². The van der Waals surface area contributed by atoms with E-state index < -0.39 is 0 Å². The Hall–Kier alpha value is -0.0800. The first-order chi connectivity index (χ1) is 4.87. The van der Waals surface area contributed by atoms with Gasteiger partial charge in [-0.25, -0.2) is 0 Å². The van der Waals surface area contributed by atoms with Crippen LogP contribution >= 0.6 is 0 Å². The fourth-order valence-corrected chi connectivity index (χ4v) is 1.05. The molecule has 0 aromatic rings. The number of rotatable bonds is 3. The summed E-state index contributed by atoms with van der Waals surface area (Å²) in [5, 5.41) is 0. The molecule has 0 aliphatic carbocycles. The highest BCUT2D eigenvalue weighted by Gasteiger charge is 2.19. The van der Waals surface area contributed by atoms with Gasteiger partial charge in [-0.05, 0) is 18.8 Å². The molecule has 2 N–H and O–H groups in total. The molecular weight excluding hydrogens is 138 g/mol. The number of nitrogens with two attached hydrogens (primary N) is 1.